The van der Waals surface area contributed by atoms with Crippen LogP contribution >= 0.6 is 0 Å². The summed E-state index contributed by atoms with van der Waals surface area (Å²) in [6.45, 7) is 3.33. The first kappa shape index (κ1) is 20.3. The molecule has 0 bridgehead atoms. The zero-order valence-electron chi connectivity index (χ0n) is 16.5. The highest BCUT2D eigenvalue weighted by Crippen LogP contribution is 2.30. The normalized spacial score (nSPS) is 11.2. The molecule has 29 heavy (non-hydrogen) atoms. The number of aromatic nitrogens is 1. The van der Waals surface area contributed by atoms with Crippen LogP contribution in [0, 0.1) is 0 Å². The molecule has 150 valence electrons. The van der Waals surface area contributed by atoms with Crippen LogP contribution in [0.3, 0.4) is 0 Å². The molecular weight excluding hydrogens is 368 g/mol. The summed E-state index contributed by atoms with van der Waals surface area (Å²) < 4.78 is 6.04. The Morgan fingerprint density at radius 3 is 2.52 bits per heavy atom. The molecule has 0 fully saturated rings. The number of rotatable bonds is 8. The molecule has 6 heteroatoms. The third kappa shape index (κ3) is 4.90. The minimum atomic E-state index is -1.39. The highest BCUT2D eigenvalue weighted by Gasteiger charge is 2.30. The van der Waals surface area contributed by atoms with Gasteiger partial charge >= 0.3 is 5.97 Å². The van der Waals surface area contributed by atoms with Gasteiger partial charge in [0.05, 0.1) is 12.2 Å². The Hall–Kier alpha value is -3.41. The molecule has 3 aromatic rings. The zero-order valence-corrected chi connectivity index (χ0v) is 16.5. The van der Waals surface area contributed by atoms with Crippen molar-refractivity contribution in [1.82, 2.24) is 10.3 Å². The smallest absolute Gasteiger partial charge is 0.328 e. The molecule has 0 atom stereocenters. The highest BCUT2D eigenvalue weighted by molar-refractivity contribution is 6.05. The Morgan fingerprint density at radius 2 is 1.79 bits per heavy atom. The fourth-order valence-electron chi connectivity index (χ4n) is 2.98. The number of aryl methyl sites for hydroxylation is 1. The Kier molecular flexibility index (Phi) is 6.12. The lowest BCUT2D eigenvalue weighted by Gasteiger charge is -2.22. The molecule has 0 aliphatic carbocycles. The standard InChI is InChI=1S/C23H24N2O4/c1-23(2,22(27)28)25-21(26)19-10-9-17-7-3-4-8-18(17)20(19)29-15-5-6-16-11-13-24-14-12-16/h3-4,7-14H,5-6,15H2,1-2H3,(H,25,26)(H,27,28). The van der Waals surface area contributed by atoms with E-state index >= 15 is 0 Å². The molecule has 0 aliphatic rings. The van der Waals surface area contributed by atoms with Crippen molar-refractivity contribution in [2.45, 2.75) is 32.2 Å². The number of hydrogen-bond donors (Lipinski definition) is 2. The van der Waals surface area contributed by atoms with E-state index in [0.717, 1.165) is 23.6 Å². The van der Waals surface area contributed by atoms with E-state index in [2.05, 4.69) is 10.3 Å². The first-order valence-electron chi connectivity index (χ1n) is 9.48. The molecular formula is C23H24N2O4. The Balaban J connectivity index is 1.82. The molecule has 1 heterocycles. The van der Waals surface area contributed by atoms with Gasteiger partial charge in [0, 0.05) is 17.8 Å². The number of nitrogens with zero attached hydrogens (tertiary/aromatic N) is 1. The number of carboxylic acids is 1. The average Bonchev–Trinajstić information content (AvgIpc) is 2.71. The van der Waals surface area contributed by atoms with Crippen molar-refractivity contribution >= 4 is 22.6 Å². The Morgan fingerprint density at radius 1 is 1.07 bits per heavy atom. The Bertz CT molecular complexity index is 1020. The number of carboxylic acid groups (broad SMARTS) is 1. The molecule has 1 amide bonds. The summed E-state index contributed by atoms with van der Waals surface area (Å²) in [5.74, 6) is -1.12. The summed E-state index contributed by atoms with van der Waals surface area (Å²) in [5.41, 5.74) is 0.103. The van der Waals surface area contributed by atoms with E-state index in [1.54, 1.807) is 18.5 Å². The number of nitrogens with one attached hydrogen (secondary N) is 1. The van der Waals surface area contributed by atoms with Crippen LogP contribution < -0.4 is 10.1 Å². The summed E-state index contributed by atoms with van der Waals surface area (Å²) >= 11 is 0. The molecule has 2 N–H and O–H groups in total. The van der Waals surface area contributed by atoms with Crippen LogP contribution in [0.5, 0.6) is 5.75 Å². The van der Waals surface area contributed by atoms with Crippen LogP contribution in [0.4, 0.5) is 0 Å². The number of carbonyl (C=O) groups is 2. The van der Waals surface area contributed by atoms with Gasteiger partial charge in [-0.25, -0.2) is 4.79 Å². The van der Waals surface area contributed by atoms with E-state index < -0.39 is 17.4 Å². The SMILES string of the molecule is CC(C)(NC(=O)c1ccc2ccccc2c1OCCCc1ccncc1)C(=O)O. The summed E-state index contributed by atoms with van der Waals surface area (Å²) in [6.07, 6.45) is 5.12. The van der Waals surface area contributed by atoms with Crippen LogP contribution in [0.25, 0.3) is 10.8 Å². The topological polar surface area (TPSA) is 88.5 Å². The summed E-state index contributed by atoms with van der Waals surface area (Å²) in [6, 6.07) is 15.1. The largest absolute Gasteiger partial charge is 0.492 e. The van der Waals surface area contributed by atoms with Crippen molar-refractivity contribution in [3.8, 4) is 5.75 Å². The third-order valence-electron chi connectivity index (χ3n) is 4.69. The maximum absolute atomic E-state index is 12.8. The quantitative estimate of drug-likeness (QED) is 0.569. The van der Waals surface area contributed by atoms with Crippen molar-refractivity contribution in [2.24, 2.45) is 0 Å². The van der Waals surface area contributed by atoms with E-state index in [4.69, 9.17) is 4.74 Å². The van der Waals surface area contributed by atoms with Gasteiger partial charge < -0.3 is 15.2 Å². The lowest BCUT2D eigenvalue weighted by molar-refractivity contribution is -0.143. The molecule has 3 rings (SSSR count). The molecule has 2 aromatic carbocycles. The molecule has 0 saturated carbocycles. The zero-order chi connectivity index (χ0) is 20.9. The molecule has 0 aliphatic heterocycles. The average molecular weight is 392 g/mol. The number of pyridine rings is 1. The molecule has 1 aromatic heterocycles. The number of benzene rings is 2. The number of hydrogen-bond acceptors (Lipinski definition) is 4. The van der Waals surface area contributed by atoms with Crippen LogP contribution in [0.2, 0.25) is 0 Å². The summed E-state index contributed by atoms with van der Waals surface area (Å²) in [7, 11) is 0. The number of aliphatic carboxylic acids is 1. The van der Waals surface area contributed by atoms with Crippen molar-refractivity contribution in [2.75, 3.05) is 6.61 Å². The lowest BCUT2D eigenvalue weighted by atomic mass is 10.0. The number of amides is 1. The van der Waals surface area contributed by atoms with E-state index in [1.807, 2.05) is 42.5 Å². The predicted molar refractivity (Wildman–Crippen MR) is 111 cm³/mol. The molecule has 0 spiro atoms. The summed E-state index contributed by atoms with van der Waals surface area (Å²) in [4.78, 5) is 28.2. The van der Waals surface area contributed by atoms with E-state index in [-0.39, 0.29) is 0 Å². The van der Waals surface area contributed by atoms with Gasteiger partial charge in [-0.3, -0.25) is 9.78 Å². The maximum Gasteiger partial charge on any atom is 0.328 e. The first-order chi connectivity index (χ1) is 13.9. The van der Waals surface area contributed by atoms with E-state index in [0.29, 0.717) is 17.9 Å². The highest BCUT2D eigenvalue weighted by atomic mass is 16.5. The van der Waals surface area contributed by atoms with E-state index in [1.165, 1.54) is 19.4 Å². The lowest BCUT2D eigenvalue weighted by Crippen LogP contribution is -2.49. The second kappa shape index (κ2) is 8.73. The minimum Gasteiger partial charge on any atom is -0.492 e. The van der Waals surface area contributed by atoms with Crippen LogP contribution in [0.1, 0.15) is 36.2 Å². The minimum absolute atomic E-state index is 0.321. The molecule has 0 saturated heterocycles. The van der Waals surface area contributed by atoms with Crippen molar-refractivity contribution in [3.63, 3.8) is 0 Å². The van der Waals surface area contributed by atoms with Crippen molar-refractivity contribution in [1.29, 1.82) is 0 Å². The second-order valence-corrected chi connectivity index (χ2v) is 7.36. The van der Waals surface area contributed by atoms with Crippen molar-refractivity contribution < 1.29 is 19.4 Å². The van der Waals surface area contributed by atoms with Crippen LogP contribution in [0.15, 0.2) is 60.9 Å². The van der Waals surface area contributed by atoms with Gasteiger partial charge in [-0.2, -0.15) is 0 Å². The van der Waals surface area contributed by atoms with Gasteiger partial charge in [0.25, 0.3) is 5.91 Å². The third-order valence-corrected chi connectivity index (χ3v) is 4.69. The fourth-order valence-corrected chi connectivity index (χ4v) is 2.98. The second-order valence-electron chi connectivity index (χ2n) is 7.36. The first-order valence-corrected chi connectivity index (χ1v) is 9.48. The van der Waals surface area contributed by atoms with Crippen LogP contribution in [-0.4, -0.2) is 34.1 Å². The van der Waals surface area contributed by atoms with E-state index in [9.17, 15) is 14.7 Å². The van der Waals surface area contributed by atoms with Gasteiger partial charge in [0.1, 0.15) is 11.3 Å². The molecule has 0 unspecified atom stereocenters. The van der Waals surface area contributed by atoms with Gasteiger partial charge in [0.15, 0.2) is 0 Å². The molecule has 6 nitrogen and oxygen atoms in total. The fraction of sp³-hybridized carbons (Fsp3) is 0.261. The van der Waals surface area contributed by atoms with Gasteiger partial charge in [0.2, 0.25) is 0 Å². The van der Waals surface area contributed by atoms with Gasteiger partial charge in [-0.05, 0) is 55.8 Å². The monoisotopic (exact) mass is 392 g/mol. The number of fused-ring (bicyclic) bond motifs is 1. The van der Waals surface area contributed by atoms with Gasteiger partial charge in [-0.15, -0.1) is 0 Å². The van der Waals surface area contributed by atoms with Gasteiger partial charge in [-0.1, -0.05) is 30.3 Å². The molecule has 0 radical (unpaired) electrons. The summed E-state index contributed by atoms with van der Waals surface area (Å²) in [5, 5.41) is 13.6. The van der Waals surface area contributed by atoms with Crippen LogP contribution in [-0.2, 0) is 11.2 Å². The number of carbonyl (C=O) groups excluding carboxylic acids is 1. The van der Waals surface area contributed by atoms with Crippen molar-refractivity contribution in [3.05, 3.63) is 72.1 Å². The Labute approximate surface area is 169 Å². The maximum atomic E-state index is 12.8. The predicted octanol–water partition coefficient (Wildman–Crippen LogP) is 3.84. The number of ether oxygens (including phenoxy) is 1.